The van der Waals surface area contributed by atoms with Crippen LogP contribution in [0.2, 0.25) is 0 Å². The van der Waals surface area contributed by atoms with Gasteiger partial charge in [-0.3, -0.25) is 4.79 Å². The van der Waals surface area contributed by atoms with E-state index in [-0.39, 0.29) is 17.6 Å². The maximum absolute atomic E-state index is 12.9. The van der Waals surface area contributed by atoms with Crippen LogP contribution in [0.4, 0.5) is 4.39 Å². The number of nitrogens with one attached hydrogen (secondary N) is 1. The highest BCUT2D eigenvalue weighted by Gasteiger charge is 2.12. The number of hydrogen-bond acceptors (Lipinski definition) is 2. The summed E-state index contributed by atoms with van der Waals surface area (Å²) in [6.45, 7) is 4.77. The Morgan fingerprint density at radius 1 is 1.39 bits per heavy atom. The van der Waals surface area contributed by atoms with Gasteiger partial charge in [0.2, 0.25) is 5.91 Å². The Morgan fingerprint density at radius 3 is 2.72 bits per heavy atom. The summed E-state index contributed by atoms with van der Waals surface area (Å²) in [5.74, 6) is 0.280. The van der Waals surface area contributed by atoms with Gasteiger partial charge in [0.05, 0.1) is 6.54 Å². The molecule has 100 valence electrons. The van der Waals surface area contributed by atoms with E-state index in [1.807, 2.05) is 13.8 Å². The van der Waals surface area contributed by atoms with Crippen molar-refractivity contribution in [2.75, 3.05) is 13.2 Å². The Morgan fingerprint density at radius 2 is 2.11 bits per heavy atom. The number of benzene rings is 1. The normalized spacial score (nSPS) is 10.4. The third-order valence-electron chi connectivity index (χ3n) is 2.82. The predicted octanol–water partition coefficient (Wildman–Crippen LogP) is 2.76. The Labute approximate surface area is 107 Å². The molecule has 0 aliphatic heterocycles. The highest BCUT2D eigenvalue weighted by Crippen LogP contribution is 2.11. The molecule has 4 heteroatoms. The summed E-state index contributed by atoms with van der Waals surface area (Å²) in [5, 5.41) is 2.81. The lowest BCUT2D eigenvalue weighted by atomic mass is 10.0. The van der Waals surface area contributed by atoms with Crippen molar-refractivity contribution in [3.05, 3.63) is 30.1 Å². The van der Waals surface area contributed by atoms with Crippen molar-refractivity contribution in [3.63, 3.8) is 0 Å². The van der Waals surface area contributed by atoms with Gasteiger partial charge in [0.15, 0.2) is 0 Å². The van der Waals surface area contributed by atoms with Gasteiger partial charge < -0.3 is 10.1 Å². The molecule has 0 spiro atoms. The third kappa shape index (κ3) is 4.73. The van der Waals surface area contributed by atoms with E-state index in [1.54, 1.807) is 12.1 Å². The summed E-state index contributed by atoms with van der Waals surface area (Å²) in [6, 6.07) is 5.96. The SMILES string of the molecule is CCC(CC)C(=O)NCCOc1cccc(F)c1. The van der Waals surface area contributed by atoms with Gasteiger partial charge in [-0.1, -0.05) is 19.9 Å². The highest BCUT2D eigenvalue weighted by molar-refractivity contribution is 5.78. The van der Waals surface area contributed by atoms with E-state index < -0.39 is 0 Å². The van der Waals surface area contributed by atoms with Gasteiger partial charge in [-0.15, -0.1) is 0 Å². The zero-order valence-electron chi connectivity index (χ0n) is 10.9. The van der Waals surface area contributed by atoms with Gasteiger partial charge in [-0.05, 0) is 25.0 Å². The van der Waals surface area contributed by atoms with Crippen molar-refractivity contribution >= 4 is 5.91 Å². The average molecular weight is 253 g/mol. The smallest absolute Gasteiger partial charge is 0.223 e. The summed E-state index contributed by atoms with van der Waals surface area (Å²) >= 11 is 0. The summed E-state index contributed by atoms with van der Waals surface area (Å²) in [6.07, 6.45) is 1.68. The van der Waals surface area contributed by atoms with Crippen molar-refractivity contribution in [2.45, 2.75) is 26.7 Å². The molecule has 0 aliphatic rings. The third-order valence-corrected chi connectivity index (χ3v) is 2.82. The molecule has 3 nitrogen and oxygen atoms in total. The van der Waals surface area contributed by atoms with Crippen LogP contribution in [-0.2, 0) is 4.79 Å². The fraction of sp³-hybridized carbons (Fsp3) is 0.500. The van der Waals surface area contributed by atoms with Crippen LogP contribution >= 0.6 is 0 Å². The first-order valence-electron chi connectivity index (χ1n) is 6.33. The first-order valence-corrected chi connectivity index (χ1v) is 6.33. The second-order valence-electron chi connectivity index (χ2n) is 4.11. The van der Waals surface area contributed by atoms with Crippen LogP contribution in [-0.4, -0.2) is 19.1 Å². The zero-order chi connectivity index (χ0) is 13.4. The van der Waals surface area contributed by atoms with Crippen LogP contribution in [0, 0.1) is 11.7 Å². The second kappa shape index (κ2) is 7.69. The quantitative estimate of drug-likeness (QED) is 0.759. The molecule has 0 heterocycles. The molecule has 0 aliphatic carbocycles. The molecule has 1 amide bonds. The molecule has 1 rings (SSSR count). The van der Waals surface area contributed by atoms with E-state index in [0.29, 0.717) is 18.9 Å². The molecule has 1 aromatic carbocycles. The van der Waals surface area contributed by atoms with Crippen molar-refractivity contribution in [2.24, 2.45) is 5.92 Å². The number of hydrogen-bond donors (Lipinski definition) is 1. The van der Waals surface area contributed by atoms with Crippen LogP contribution < -0.4 is 10.1 Å². The fourth-order valence-electron chi connectivity index (χ4n) is 1.70. The Kier molecular flexibility index (Phi) is 6.19. The van der Waals surface area contributed by atoms with Crippen molar-refractivity contribution < 1.29 is 13.9 Å². The molecular formula is C14H20FNO2. The highest BCUT2D eigenvalue weighted by atomic mass is 19.1. The van der Waals surface area contributed by atoms with E-state index in [0.717, 1.165) is 12.8 Å². The topological polar surface area (TPSA) is 38.3 Å². The van der Waals surface area contributed by atoms with Crippen molar-refractivity contribution in [3.8, 4) is 5.75 Å². The molecule has 1 aromatic rings. The Bertz CT molecular complexity index is 378. The van der Waals surface area contributed by atoms with Gasteiger partial charge in [0.25, 0.3) is 0 Å². The molecule has 0 fully saturated rings. The molecule has 0 bridgehead atoms. The van der Waals surface area contributed by atoms with Crippen LogP contribution in [0.15, 0.2) is 24.3 Å². The summed E-state index contributed by atoms with van der Waals surface area (Å²) < 4.78 is 18.2. The number of rotatable bonds is 7. The van der Waals surface area contributed by atoms with Gasteiger partial charge in [-0.2, -0.15) is 0 Å². The van der Waals surface area contributed by atoms with Crippen LogP contribution in [0.25, 0.3) is 0 Å². The number of halogens is 1. The maximum atomic E-state index is 12.9. The van der Waals surface area contributed by atoms with Gasteiger partial charge in [0.1, 0.15) is 18.2 Å². The number of ether oxygens (including phenoxy) is 1. The van der Waals surface area contributed by atoms with Crippen LogP contribution in [0.1, 0.15) is 26.7 Å². The second-order valence-corrected chi connectivity index (χ2v) is 4.11. The first kappa shape index (κ1) is 14.5. The molecule has 0 atom stereocenters. The van der Waals surface area contributed by atoms with Crippen LogP contribution in [0.5, 0.6) is 5.75 Å². The van der Waals surface area contributed by atoms with Gasteiger partial charge in [0, 0.05) is 12.0 Å². The molecule has 0 aromatic heterocycles. The first-order chi connectivity index (χ1) is 8.67. The number of amides is 1. The Hall–Kier alpha value is -1.58. The van der Waals surface area contributed by atoms with Crippen LogP contribution in [0.3, 0.4) is 0 Å². The minimum Gasteiger partial charge on any atom is -0.492 e. The summed E-state index contributed by atoms with van der Waals surface area (Å²) in [7, 11) is 0. The summed E-state index contributed by atoms with van der Waals surface area (Å²) in [4.78, 5) is 11.6. The van der Waals surface area contributed by atoms with Gasteiger partial charge in [-0.25, -0.2) is 4.39 Å². The van der Waals surface area contributed by atoms with E-state index in [4.69, 9.17) is 4.74 Å². The predicted molar refractivity (Wildman–Crippen MR) is 69.0 cm³/mol. The lowest BCUT2D eigenvalue weighted by molar-refractivity contribution is -0.125. The monoisotopic (exact) mass is 253 g/mol. The molecule has 0 saturated carbocycles. The Balaban J connectivity index is 2.24. The zero-order valence-corrected chi connectivity index (χ0v) is 10.9. The lowest BCUT2D eigenvalue weighted by Crippen LogP contribution is -2.33. The van der Waals surface area contributed by atoms with Crippen molar-refractivity contribution in [1.29, 1.82) is 0 Å². The average Bonchev–Trinajstić information content (AvgIpc) is 2.36. The minimum atomic E-state index is -0.325. The minimum absolute atomic E-state index is 0.0582. The van der Waals surface area contributed by atoms with Gasteiger partial charge >= 0.3 is 0 Å². The molecule has 0 radical (unpaired) electrons. The molecule has 0 unspecified atom stereocenters. The van der Waals surface area contributed by atoms with E-state index in [2.05, 4.69) is 5.32 Å². The van der Waals surface area contributed by atoms with E-state index in [9.17, 15) is 9.18 Å². The lowest BCUT2D eigenvalue weighted by Gasteiger charge is -2.13. The molecule has 18 heavy (non-hydrogen) atoms. The molecule has 1 N–H and O–H groups in total. The fourth-order valence-corrected chi connectivity index (χ4v) is 1.70. The van der Waals surface area contributed by atoms with E-state index >= 15 is 0 Å². The van der Waals surface area contributed by atoms with Crippen molar-refractivity contribution in [1.82, 2.24) is 5.32 Å². The number of carbonyl (C=O) groups excluding carboxylic acids is 1. The van der Waals surface area contributed by atoms with E-state index in [1.165, 1.54) is 12.1 Å². The standard InChI is InChI=1S/C14H20FNO2/c1-3-11(4-2)14(17)16-8-9-18-13-7-5-6-12(15)10-13/h5-7,10-11H,3-4,8-9H2,1-2H3,(H,16,17). The largest absolute Gasteiger partial charge is 0.492 e. The maximum Gasteiger partial charge on any atom is 0.223 e. The molecular weight excluding hydrogens is 233 g/mol. The molecule has 0 saturated heterocycles. The number of carbonyl (C=O) groups is 1. The summed E-state index contributed by atoms with van der Waals surface area (Å²) in [5.41, 5.74) is 0.